The summed E-state index contributed by atoms with van der Waals surface area (Å²) in [4.78, 5) is 22.4. The van der Waals surface area contributed by atoms with Gasteiger partial charge in [-0.15, -0.1) is 0 Å². The Balaban J connectivity index is 2.47. The lowest BCUT2D eigenvalue weighted by molar-refractivity contribution is -0.142. The number of aliphatic carboxylic acids is 1. The molecule has 1 fully saturated rings. The Morgan fingerprint density at radius 3 is 2.25 bits per heavy atom. The van der Waals surface area contributed by atoms with Crippen LogP contribution in [0.5, 0.6) is 0 Å². The van der Waals surface area contributed by atoms with Crippen LogP contribution in [0.4, 0.5) is 4.79 Å². The first-order chi connectivity index (χ1) is 7.30. The number of amides is 1. The van der Waals surface area contributed by atoms with Gasteiger partial charge in [0.1, 0.15) is 12.1 Å². The molecule has 0 unspecified atom stereocenters. The van der Waals surface area contributed by atoms with Crippen LogP contribution in [0.2, 0.25) is 0 Å². The summed E-state index contributed by atoms with van der Waals surface area (Å²) in [6.45, 7) is 5.28. The van der Waals surface area contributed by atoms with Crippen LogP contribution in [0, 0.1) is 5.41 Å². The van der Waals surface area contributed by atoms with Crippen molar-refractivity contribution in [3.05, 3.63) is 0 Å². The maximum atomic E-state index is 11.4. The van der Waals surface area contributed by atoms with Crippen molar-refractivity contribution < 1.29 is 19.4 Å². The highest BCUT2D eigenvalue weighted by Crippen LogP contribution is 2.23. The summed E-state index contributed by atoms with van der Waals surface area (Å²) in [7, 11) is 0. The Kier molecular flexibility index (Phi) is 3.78. The molecule has 1 saturated carbocycles. The molecular formula is C11H19NO4. The van der Waals surface area contributed by atoms with Crippen LogP contribution in [0.15, 0.2) is 0 Å². The summed E-state index contributed by atoms with van der Waals surface area (Å²) >= 11 is 0. The van der Waals surface area contributed by atoms with E-state index in [9.17, 15) is 9.59 Å². The maximum Gasteiger partial charge on any atom is 0.408 e. The Labute approximate surface area is 95.2 Å². The Morgan fingerprint density at radius 1 is 1.38 bits per heavy atom. The first-order valence-electron chi connectivity index (χ1n) is 5.50. The zero-order valence-corrected chi connectivity index (χ0v) is 9.95. The third-order valence-electron chi connectivity index (χ3n) is 2.70. The summed E-state index contributed by atoms with van der Waals surface area (Å²) in [6.07, 6.45) is 2.16. The summed E-state index contributed by atoms with van der Waals surface area (Å²) in [5.74, 6) is -1.04. The number of carbonyl (C=O) groups is 2. The lowest BCUT2D eigenvalue weighted by atomic mass is 9.87. The molecule has 0 aliphatic heterocycles. The largest absolute Gasteiger partial charge is 0.480 e. The topological polar surface area (TPSA) is 75.6 Å². The van der Waals surface area contributed by atoms with Gasteiger partial charge in [-0.2, -0.15) is 0 Å². The average Bonchev–Trinajstić information content (AvgIpc) is 2.05. The lowest BCUT2D eigenvalue weighted by Crippen LogP contribution is -2.50. The van der Waals surface area contributed by atoms with Gasteiger partial charge in [-0.3, -0.25) is 0 Å². The van der Waals surface area contributed by atoms with Crippen LogP contribution in [-0.4, -0.2) is 29.3 Å². The zero-order valence-electron chi connectivity index (χ0n) is 9.95. The number of carbonyl (C=O) groups excluding carboxylic acids is 1. The fourth-order valence-corrected chi connectivity index (χ4v) is 1.44. The molecule has 0 spiro atoms. The van der Waals surface area contributed by atoms with Crippen LogP contribution in [-0.2, 0) is 9.53 Å². The van der Waals surface area contributed by atoms with Crippen LogP contribution in [0.1, 0.15) is 40.0 Å². The van der Waals surface area contributed by atoms with E-state index in [2.05, 4.69) is 5.32 Å². The summed E-state index contributed by atoms with van der Waals surface area (Å²) in [5, 5.41) is 11.4. The van der Waals surface area contributed by atoms with Gasteiger partial charge in [-0.05, 0) is 24.7 Å². The smallest absolute Gasteiger partial charge is 0.408 e. The van der Waals surface area contributed by atoms with Crippen molar-refractivity contribution in [1.29, 1.82) is 0 Å². The van der Waals surface area contributed by atoms with E-state index < -0.39 is 23.5 Å². The van der Waals surface area contributed by atoms with Gasteiger partial charge in [0, 0.05) is 0 Å². The van der Waals surface area contributed by atoms with E-state index in [1.807, 2.05) is 0 Å². The SMILES string of the molecule is CC(C)(C)[C@H](NC(=O)OC1CCC1)C(=O)O. The van der Waals surface area contributed by atoms with Gasteiger partial charge in [0.25, 0.3) is 0 Å². The molecule has 5 nitrogen and oxygen atoms in total. The molecular weight excluding hydrogens is 210 g/mol. The van der Waals surface area contributed by atoms with E-state index in [-0.39, 0.29) is 6.10 Å². The lowest BCUT2D eigenvalue weighted by Gasteiger charge is -2.30. The second-order valence-corrected chi connectivity index (χ2v) is 5.24. The summed E-state index contributed by atoms with van der Waals surface area (Å²) < 4.78 is 5.05. The average molecular weight is 229 g/mol. The highest BCUT2D eigenvalue weighted by Gasteiger charge is 2.34. The molecule has 1 rings (SSSR count). The number of hydrogen-bond donors (Lipinski definition) is 2. The molecule has 0 bridgehead atoms. The fourth-order valence-electron chi connectivity index (χ4n) is 1.44. The zero-order chi connectivity index (χ0) is 12.3. The van der Waals surface area contributed by atoms with E-state index in [0.717, 1.165) is 19.3 Å². The van der Waals surface area contributed by atoms with Crippen LogP contribution >= 0.6 is 0 Å². The van der Waals surface area contributed by atoms with Gasteiger partial charge < -0.3 is 15.2 Å². The van der Waals surface area contributed by atoms with Crippen molar-refractivity contribution in [1.82, 2.24) is 5.32 Å². The minimum Gasteiger partial charge on any atom is -0.480 e. The van der Waals surface area contributed by atoms with Crippen LogP contribution in [0.3, 0.4) is 0 Å². The molecule has 0 aromatic heterocycles. The number of rotatable bonds is 3. The molecule has 16 heavy (non-hydrogen) atoms. The molecule has 0 aromatic rings. The predicted molar refractivity (Wildman–Crippen MR) is 58.1 cm³/mol. The van der Waals surface area contributed by atoms with Gasteiger partial charge in [0.2, 0.25) is 0 Å². The summed E-state index contributed by atoms with van der Waals surface area (Å²) in [6, 6.07) is -0.930. The number of alkyl carbamates (subject to hydrolysis) is 1. The first kappa shape index (κ1) is 12.8. The van der Waals surface area contributed by atoms with Crippen molar-refractivity contribution in [2.75, 3.05) is 0 Å². The highest BCUT2D eigenvalue weighted by atomic mass is 16.6. The van der Waals surface area contributed by atoms with Crippen LogP contribution < -0.4 is 5.32 Å². The second kappa shape index (κ2) is 4.72. The number of hydrogen-bond acceptors (Lipinski definition) is 3. The monoisotopic (exact) mass is 229 g/mol. The molecule has 5 heteroatoms. The normalized spacial score (nSPS) is 18.4. The molecule has 1 aliphatic carbocycles. The molecule has 0 aromatic carbocycles. The van der Waals surface area contributed by atoms with Crippen molar-refractivity contribution in [2.45, 2.75) is 52.2 Å². The quantitative estimate of drug-likeness (QED) is 0.773. The molecule has 1 aliphatic rings. The molecule has 1 atom stereocenters. The molecule has 0 heterocycles. The van der Waals surface area contributed by atoms with Crippen molar-refractivity contribution in [2.24, 2.45) is 5.41 Å². The standard InChI is InChI=1S/C11H19NO4/c1-11(2,3)8(9(13)14)12-10(15)16-7-5-4-6-7/h7-8H,4-6H2,1-3H3,(H,12,15)(H,13,14)/t8-/m1/s1. The van der Waals surface area contributed by atoms with E-state index in [0.29, 0.717) is 0 Å². The van der Waals surface area contributed by atoms with E-state index in [4.69, 9.17) is 9.84 Å². The molecule has 92 valence electrons. The number of nitrogens with one attached hydrogen (secondary N) is 1. The van der Waals surface area contributed by atoms with Gasteiger partial charge in [0.15, 0.2) is 0 Å². The number of ether oxygens (including phenoxy) is 1. The first-order valence-corrected chi connectivity index (χ1v) is 5.50. The predicted octanol–water partition coefficient (Wildman–Crippen LogP) is 1.76. The Hall–Kier alpha value is -1.26. The van der Waals surface area contributed by atoms with Gasteiger partial charge in [-0.25, -0.2) is 9.59 Å². The number of carboxylic acids is 1. The van der Waals surface area contributed by atoms with E-state index >= 15 is 0 Å². The minimum atomic E-state index is -1.04. The van der Waals surface area contributed by atoms with Gasteiger partial charge in [-0.1, -0.05) is 20.8 Å². The minimum absolute atomic E-state index is 0.0330. The molecule has 0 saturated heterocycles. The number of carboxylic acid groups (broad SMARTS) is 1. The van der Waals surface area contributed by atoms with E-state index in [1.54, 1.807) is 20.8 Å². The van der Waals surface area contributed by atoms with Crippen molar-refractivity contribution in [3.63, 3.8) is 0 Å². The third-order valence-corrected chi connectivity index (χ3v) is 2.70. The van der Waals surface area contributed by atoms with Gasteiger partial charge >= 0.3 is 12.1 Å². The second-order valence-electron chi connectivity index (χ2n) is 5.24. The summed E-state index contributed by atoms with van der Waals surface area (Å²) in [5.41, 5.74) is -0.537. The molecule has 2 N–H and O–H groups in total. The fraction of sp³-hybridized carbons (Fsp3) is 0.818. The Bertz CT molecular complexity index is 278. The third kappa shape index (κ3) is 3.40. The Morgan fingerprint density at radius 2 is 1.94 bits per heavy atom. The molecule has 0 radical (unpaired) electrons. The van der Waals surface area contributed by atoms with E-state index in [1.165, 1.54) is 0 Å². The molecule has 1 amide bonds. The van der Waals surface area contributed by atoms with Crippen molar-refractivity contribution in [3.8, 4) is 0 Å². The maximum absolute atomic E-state index is 11.4. The van der Waals surface area contributed by atoms with Crippen molar-refractivity contribution >= 4 is 12.1 Å². The van der Waals surface area contributed by atoms with Gasteiger partial charge in [0.05, 0.1) is 0 Å². The highest BCUT2D eigenvalue weighted by molar-refractivity contribution is 5.80. The van der Waals surface area contributed by atoms with Crippen LogP contribution in [0.25, 0.3) is 0 Å².